The first kappa shape index (κ1) is 16.2. The molecule has 0 aliphatic heterocycles. The van der Waals surface area contributed by atoms with Crippen molar-refractivity contribution in [2.75, 3.05) is 7.11 Å². The van der Waals surface area contributed by atoms with Gasteiger partial charge in [0.15, 0.2) is 5.75 Å². The Balaban J connectivity index is 2.39. The van der Waals surface area contributed by atoms with Crippen molar-refractivity contribution >= 4 is 37.9 Å². The van der Waals surface area contributed by atoms with E-state index in [4.69, 9.17) is 27.9 Å². The fraction of sp³-hybridized carbons (Fsp3) is 0.0588. The minimum atomic E-state index is 0.591. The lowest BCUT2D eigenvalue weighted by atomic mass is 9.99. The van der Waals surface area contributed by atoms with Gasteiger partial charge in [-0.2, -0.15) is 0 Å². The lowest BCUT2D eigenvalue weighted by Crippen LogP contribution is -2.10. The lowest BCUT2D eigenvalue weighted by Gasteiger charge is -2.16. The zero-order valence-electron chi connectivity index (χ0n) is 12.3. The molecule has 1 heterocycles. The molecular weight excluding hydrogens is 350 g/mol. The van der Waals surface area contributed by atoms with Crippen LogP contribution in [0.2, 0.25) is 10.0 Å². The van der Waals surface area contributed by atoms with Crippen LogP contribution in [0, 0.1) is 0 Å². The summed E-state index contributed by atoms with van der Waals surface area (Å²) in [4.78, 5) is 0. The summed E-state index contributed by atoms with van der Waals surface area (Å²) < 4.78 is 5.56. The lowest BCUT2D eigenvalue weighted by molar-refractivity contribution is 0.418. The zero-order valence-corrected chi connectivity index (χ0v) is 14.9. The molecule has 0 amide bonds. The van der Waals surface area contributed by atoms with Crippen LogP contribution >= 0.6 is 32.4 Å². The van der Waals surface area contributed by atoms with Gasteiger partial charge in [-0.3, -0.25) is 0 Å². The van der Waals surface area contributed by atoms with Crippen LogP contribution in [-0.2, 0) is 0 Å². The molecule has 23 heavy (non-hydrogen) atoms. The smallest absolute Gasteiger partial charge is 0.156 e. The third-order valence-corrected chi connectivity index (χ3v) is 4.47. The summed E-state index contributed by atoms with van der Waals surface area (Å²) in [7, 11) is 4.13. The van der Waals surface area contributed by atoms with E-state index in [0.717, 1.165) is 16.7 Å². The van der Waals surface area contributed by atoms with Gasteiger partial charge in [-0.05, 0) is 12.1 Å². The molecule has 0 spiro atoms. The average Bonchev–Trinajstić information content (AvgIpc) is 2.56. The van der Waals surface area contributed by atoms with E-state index in [2.05, 4.69) is 19.4 Å². The van der Waals surface area contributed by atoms with Crippen LogP contribution in [0.15, 0.2) is 48.5 Å². The molecule has 0 radical (unpaired) electrons. The summed E-state index contributed by atoms with van der Waals surface area (Å²) in [5.41, 5.74) is 3.61. The standard InChI is InChI=1S/C17H13Cl2N2OP/c1-22-16-14(10-6-2-4-8-12(10)18)15(20-21-17(16)23)11-7-3-5-9-13(11)19/h2-9H,23H2,1H3. The number of hydrogen-bond acceptors (Lipinski definition) is 3. The fourth-order valence-corrected chi connectivity index (χ4v) is 3.17. The molecule has 1 unspecified atom stereocenters. The molecule has 0 saturated heterocycles. The molecule has 0 fully saturated rings. The van der Waals surface area contributed by atoms with Crippen molar-refractivity contribution in [1.29, 1.82) is 0 Å². The second-order valence-corrected chi connectivity index (χ2v) is 6.16. The maximum Gasteiger partial charge on any atom is 0.156 e. The number of aromatic nitrogens is 2. The highest BCUT2D eigenvalue weighted by molar-refractivity contribution is 7.27. The van der Waals surface area contributed by atoms with Crippen molar-refractivity contribution in [3.8, 4) is 28.1 Å². The first-order valence-electron chi connectivity index (χ1n) is 6.83. The molecule has 1 aromatic heterocycles. The molecule has 0 aliphatic rings. The van der Waals surface area contributed by atoms with E-state index < -0.39 is 0 Å². The highest BCUT2D eigenvalue weighted by Gasteiger charge is 2.21. The minimum absolute atomic E-state index is 0.591. The van der Waals surface area contributed by atoms with Crippen LogP contribution in [0.25, 0.3) is 22.4 Å². The highest BCUT2D eigenvalue weighted by atomic mass is 35.5. The Morgan fingerprint density at radius 3 is 2.00 bits per heavy atom. The summed E-state index contributed by atoms with van der Waals surface area (Å²) in [6.45, 7) is 0. The third kappa shape index (κ3) is 3.05. The summed E-state index contributed by atoms with van der Waals surface area (Å²) in [5.74, 6) is 0.605. The van der Waals surface area contributed by atoms with Crippen molar-refractivity contribution in [3.05, 3.63) is 58.6 Å². The van der Waals surface area contributed by atoms with Gasteiger partial charge >= 0.3 is 0 Å². The average molecular weight is 363 g/mol. The first-order chi connectivity index (χ1) is 11.1. The van der Waals surface area contributed by atoms with Gasteiger partial charge < -0.3 is 4.74 Å². The topological polar surface area (TPSA) is 35.0 Å². The van der Waals surface area contributed by atoms with Gasteiger partial charge in [0.1, 0.15) is 11.1 Å². The van der Waals surface area contributed by atoms with Gasteiger partial charge in [-0.1, -0.05) is 68.8 Å². The van der Waals surface area contributed by atoms with Crippen molar-refractivity contribution in [2.24, 2.45) is 0 Å². The van der Waals surface area contributed by atoms with Gasteiger partial charge in [0.25, 0.3) is 0 Å². The second-order valence-electron chi connectivity index (χ2n) is 4.80. The predicted octanol–water partition coefficient (Wildman–Crippen LogP) is 4.63. The summed E-state index contributed by atoms with van der Waals surface area (Å²) >= 11 is 12.7. The molecule has 3 nitrogen and oxygen atoms in total. The minimum Gasteiger partial charge on any atom is -0.494 e. The monoisotopic (exact) mass is 362 g/mol. The summed E-state index contributed by atoms with van der Waals surface area (Å²) in [6, 6.07) is 15.0. The Bertz CT molecular complexity index is 871. The first-order valence-corrected chi connectivity index (χ1v) is 8.16. The van der Waals surface area contributed by atoms with E-state index in [-0.39, 0.29) is 0 Å². The Hall–Kier alpha value is -1.67. The second kappa shape index (κ2) is 6.84. The van der Waals surface area contributed by atoms with E-state index in [9.17, 15) is 0 Å². The van der Waals surface area contributed by atoms with Crippen LogP contribution in [0.5, 0.6) is 5.75 Å². The molecule has 3 aromatic rings. The van der Waals surface area contributed by atoms with Gasteiger partial charge in [-0.25, -0.2) is 0 Å². The van der Waals surface area contributed by atoms with Crippen molar-refractivity contribution in [2.45, 2.75) is 0 Å². The maximum atomic E-state index is 6.40. The molecule has 116 valence electrons. The molecular formula is C17H13Cl2N2OP. The molecule has 0 N–H and O–H groups in total. The van der Waals surface area contributed by atoms with E-state index in [1.54, 1.807) is 7.11 Å². The molecule has 3 rings (SSSR count). The van der Waals surface area contributed by atoms with Crippen molar-refractivity contribution in [1.82, 2.24) is 10.2 Å². The number of benzene rings is 2. The number of methoxy groups -OCH3 is 1. The molecule has 0 bridgehead atoms. The molecule has 0 saturated carbocycles. The van der Waals surface area contributed by atoms with E-state index in [1.165, 1.54) is 0 Å². The van der Waals surface area contributed by atoms with E-state index >= 15 is 0 Å². The van der Waals surface area contributed by atoms with Gasteiger partial charge in [0, 0.05) is 16.1 Å². The Morgan fingerprint density at radius 2 is 1.43 bits per heavy atom. The van der Waals surface area contributed by atoms with Gasteiger partial charge in [0.2, 0.25) is 0 Å². The quantitative estimate of drug-likeness (QED) is 0.637. The zero-order chi connectivity index (χ0) is 16.4. The summed E-state index contributed by atoms with van der Waals surface area (Å²) in [5, 5.41) is 9.71. The van der Waals surface area contributed by atoms with Crippen molar-refractivity contribution in [3.63, 3.8) is 0 Å². The molecule has 6 heteroatoms. The van der Waals surface area contributed by atoms with Gasteiger partial charge in [-0.15, -0.1) is 10.2 Å². The van der Waals surface area contributed by atoms with Crippen molar-refractivity contribution < 1.29 is 4.74 Å². The SMILES string of the molecule is COc1c(P)nnc(-c2ccccc2Cl)c1-c1ccccc1Cl. The van der Waals surface area contributed by atoms with Crippen LogP contribution in [0.3, 0.4) is 0 Å². The maximum absolute atomic E-state index is 6.40. The normalized spacial score (nSPS) is 10.6. The predicted molar refractivity (Wildman–Crippen MR) is 98.8 cm³/mol. The summed E-state index contributed by atoms with van der Waals surface area (Å²) in [6.07, 6.45) is 0. The van der Waals surface area contributed by atoms with Gasteiger partial charge in [0.05, 0.1) is 17.7 Å². The van der Waals surface area contributed by atoms with E-state index in [1.807, 2.05) is 48.5 Å². The van der Waals surface area contributed by atoms with Crippen LogP contribution in [0.4, 0.5) is 0 Å². The number of nitrogens with zero attached hydrogens (tertiary/aromatic N) is 2. The number of rotatable bonds is 3. The molecule has 2 aromatic carbocycles. The van der Waals surface area contributed by atoms with Crippen LogP contribution in [0.1, 0.15) is 0 Å². The largest absolute Gasteiger partial charge is 0.494 e. The Kier molecular flexibility index (Phi) is 4.82. The third-order valence-electron chi connectivity index (χ3n) is 3.43. The Labute approximate surface area is 146 Å². The Morgan fingerprint density at radius 1 is 0.870 bits per heavy atom. The molecule has 1 atom stereocenters. The number of ether oxygens (including phenoxy) is 1. The fourth-order valence-electron chi connectivity index (χ4n) is 2.40. The number of halogens is 2. The van der Waals surface area contributed by atoms with Crippen LogP contribution < -0.4 is 10.2 Å². The molecule has 0 aliphatic carbocycles. The highest BCUT2D eigenvalue weighted by Crippen LogP contribution is 2.41. The van der Waals surface area contributed by atoms with Crippen LogP contribution in [-0.4, -0.2) is 17.3 Å². The number of hydrogen-bond donors (Lipinski definition) is 0. The van der Waals surface area contributed by atoms with E-state index in [0.29, 0.717) is 26.9 Å².